The lowest BCUT2D eigenvalue weighted by atomic mass is 10.3. The number of nitrogens with one attached hydrogen (secondary N) is 1. The Balaban J connectivity index is 1.95. The van der Waals surface area contributed by atoms with Gasteiger partial charge in [-0.1, -0.05) is 12.1 Å². The molecule has 0 saturated carbocycles. The van der Waals surface area contributed by atoms with E-state index < -0.39 is 27.0 Å². The van der Waals surface area contributed by atoms with Gasteiger partial charge in [0, 0.05) is 11.4 Å². The van der Waals surface area contributed by atoms with E-state index in [2.05, 4.69) is 19.5 Å². The Hall–Kier alpha value is -2.82. The second-order valence-electron chi connectivity index (χ2n) is 5.92. The first kappa shape index (κ1) is 19.0. The van der Waals surface area contributed by atoms with Crippen LogP contribution in [0.15, 0.2) is 47.6 Å². The van der Waals surface area contributed by atoms with Crippen LogP contribution in [0.5, 0.6) is 5.75 Å². The molecule has 0 aliphatic heterocycles. The largest absolute Gasteiger partial charge is 0.573 e. The monoisotopic (exact) mass is 400 g/mol. The average molecular weight is 400 g/mol. The van der Waals surface area contributed by atoms with Gasteiger partial charge in [0.05, 0.1) is 18.1 Å². The average Bonchev–Trinajstić information content (AvgIpc) is 2.96. The molecule has 3 rings (SSSR count). The predicted molar refractivity (Wildman–Crippen MR) is 91.8 cm³/mol. The molecule has 0 aliphatic rings. The highest BCUT2D eigenvalue weighted by Crippen LogP contribution is 2.30. The van der Waals surface area contributed by atoms with Crippen LogP contribution in [0, 0.1) is 0 Å². The summed E-state index contributed by atoms with van der Waals surface area (Å²) in [6.07, 6.45) is -2.22. The van der Waals surface area contributed by atoms with E-state index in [-0.39, 0.29) is 11.7 Å². The molecule has 0 aliphatic carbocycles. The fourth-order valence-corrected chi connectivity index (χ4v) is 3.63. The molecule has 2 heterocycles. The Kier molecular flexibility index (Phi) is 4.72. The first-order valence-corrected chi connectivity index (χ1v) is 9.26. The van der Waals surface area contributed by atoms with Gasteiger partial charge < -0.3 is 4.74 Å². The second-order valence-corrected chi connectivity index (χ2v) is 7.57. The molecule has 2 aromatic heterocycles. The molecule has 0 spiro atoms. The van der Waals surface area contributed by atoms with Crippen LogP contribution in [-0.4, -0.2) is 29.5 Å². The number of benzene rings is 1. The lowest BCUT2D eigenvalue weighted by molar-refractivity contribution is -0.275. The van der Waals surface area contributed by atoms with Crippen LogP contribution in [0.2, 0.25) is 0 Å². The second kappa shape index (κ2) is 6.72. The number of hydrogen-bond acceptors (Lipinski definition) is 5. The highest BCUT2D eigenvalue weighted by atomic mass is 32.2. The summed E-state index contributed by atoms with van der Waals surface area (Å²) in [6, 6.07) is 6.05. The number of aromatic nitrogens is 3. The molecule has 144 valence electrons. The Morgan fingerprint density at radius 3 is 2.56 bits per heavy atom. The molecule has 1 N–H and O–H groups in total. The van der Waals surface area contributed by atoms with Crippen LogP contribution in [-0.2, 0) is 10.0 Å². The summed E-state index contributed by atoms with van der Waals surface area (Å²) in [5.41, 5.74) is 0.654. The minimum Gasteiger partial charge on any atom is -0.404 e. The highest BCUT2D eigenvalue weighted by molar-refractivity contribution is 7.92. The molecule has 27 heavy (non-hydrogen) atoms. The van der Waals surface area contributed by atoms with Crippen LogP contribution in [0.3, 0.4) is 0 Å². The van der Waals surface area contributed by atoms with E-state index >= 15 is 0 Å². The molecule has 0 atom stereocenters. The van der Waals surface area contributed by atoms with Gasteiger partial charge >= 0.3 is 6.36 Å². The molecule has 0 unspecified atom stereocenters. The number of anilines is 1. The number of sulfonamides is 1. The van der Waals surface area contributed by atoms with Crippen molar-refractivity contribution in [1.29, 1.82) is 0 Å². The first-order chi connectivity index (χ1) is 12.6. The zero-order valence-corrected chi connectivity index (χ0v) is 15.0. The SMILES string of the molecule is CC(C)n1ncc2cc(NS(=O)(=O)c3ccccc3OC(F)(F)F)cnc21. The van der Waals surface area contributed by atoms with E-state index in [1.807, 2.05) is 13.8 Å². The van der Waals surface area contributed by atoms with Gasteiger partial charge in [-0.25, -0.2) is 18.1 Å². The number of halogens is 3. The van der Waals surface area contributed by atoms with Crippen molar-refractivity contribution >= 4 is 26.7 Å². The summed E-state index contributed by atoms with van der Waals surface area (Å²) in [5, 5.41) is 4.76. The summed E-state index contributed by atoms with van der Waals surface area (Å²) in [5.74, 6) is -0.820. The van der Waals surface area contributed by atoms with E-state index in [1.54, 1.807) is 4.68 Å². The Morgan fingerprint density at radius 2 is 1.89 bits per heavy atom. The van der Waals surface area contributed by atoms with Crippen molar-refractivity contribution in [3.8, 4) is 5.75 Å². The van der Waals surface area contributed by atoms with Gasteiger partial charge in [0.15, 0.2) is 5.65 Å². The van der Waals surface area contributed by atoms with Gasteiger partial charge in [-0.2, -0.15) is 5.10 Å². The molecule has 11 heteroatoms. The van der Waals surface area contributed by atoms with Crippen molar-refractivity contribution in [2.24, 2.45) is 0 Å². The van der Waals surface area contributed by atoms with Crippen molar-refractivity contribution in [2.45, 2.75) is 31.1 Å². The molecule has 7 nitrogen and oxygen atoms in total. The van der Waals surface area contributed by atoms with Gasteiger partial charge in [-0.3, -0.25) is 4.72 Å². The van der Waals surface area contributed by atoms with E-state index in [9.17, 15) is 21.6 Å². The minimum absolute atomic E-state index is 0.0592. The summed E-state index contributed by atoms with van der Waals surface area (Å²) in [4.78, 5) is 3.55. The highest BCUT2D eigenvalue weighted by Gasteiger charge is 2.34. The number of nitrogens with zero attached hydrogens (tertiary/aromatic N) is 3. The number of fused-ring (bicyclic) bond motifs is 1. The third kappa shape index (κ3) is 4.13. The minimum atomic E-state index is -5.02. The zero-order chi connectivity index (χ0) is 19.8. The molecule has 3 aromatic rings. The van der Waals surface area contributed by atoms with Gasteiger partial charge in [0.1, 0.15) is 10.6 Å². The van der Waals surface area contributed by atoms with Gasteiger partial charge in [-0.05, 0) is 32.0 Å². The summed E-state index contributed by atoms with van der Waals surface area (Å²) in [7, 11) is -4.34. The van der Waals surface area contributed by atoms with Crippen molar-refractivity contribution in [3.63, 3.8) is 0 Å². The number of hydrogen-bond donors (Lipinski definition) is 1. The maximum Gasteiger partial charge on any atom is 0.573 e. The van der Waals surface area contributed by atoms with Crippen molar-refractivity contribution in [3.05, 3.63) is 42.7 Å². The van der Waals surface area contributed by atoms with Crippen molar-refractivity contribution < 1.29 is 26.3 Å². The normalized spacial score (nSPS) is 12.5. The molecule has 0 amide bonds. The smallest absolute Gasteiger partial charge is 0.404 e. The number of ether oxygens (including phenoxy) is 1. The fourth-order valence-electron chi connectivity index (χ4n) is 2.47. The van der Waals surface area contributed by atoms with Gasteiger partial charge in [0.25, 0.3) is 10.0 Å². The van der Waals surface area contributed by atoms with E-state index in [4.69, 9.17) is 0 Å². The maximum absolute atomic E-state index is 12.6. The third-order valence-electron chi connectivity index (χ3n) is 3.54. The van der Waals surface area contributed by atoms with E-state index in [0.29, 0.717) is 11.0 Å². The fraction of sp³-hybridized carbons (Fsp3) is 0.250. The summed E-state index contributed by atoms with van der Waals surface area (Å²) in [6.45, 7) is 3.84. The molecule has 1 aromatic carbocycles. The zero-order valence-electron chi connectivity index (χ0n) is 14.2. The van der Waals surface area contributed by atoms with Crippen LogP contribution in [0.25, 0.3) is 11.0 Å². The summed E-state index contributed by atoms with van der Waals surface area (Å²) >= 11 is 0. The number of para-hydroxylation sites is 1. The van der Waals surface area contributed by atoms with Crippen LogP contribution < -0.4 is 9.46 Å². The Morgan fingerprint density at radius 1 is 1.19 bits per heavy atom. The van der Waals surface area contributed by atoms with Crippen LogP contribution in [0.1, 0.15) is 19.9 Å². The first-order valence-electron chi connectivity index (χ1n) is 7.78. The quantitative estimate of drug-likeness (QED) is 0.706. The predicted octanol–water partition coefficient (Wildman–Crippen LogP) is 3.71. The molecule has 0 bridgehead atoms. The lowest BCUT2D eigenvalue weighted by Gasteiger charge is -2.14. The third-order valence-corrected chi connectivity index (χ3v) is 4.96. The molecule has 0 saturated heterocycles. The molecule has 0 radical (unpaired) electrons. The summed E-state index contributed by atoms with van der Waals surface area (Å²) < 4.78 is 70.4. The van der Waals surface area contributed by atoms with Crippen molar-refractivity contribution in [1.82, 2.24) is 14.8 Å². The topological polar surface area (TPSA) is 86.1 Å². The number of alkyl halides is 3. The standard InChI is InChI=1S/C16H15F3N4O3S/c1-10(2)23-15-11(8-21-23)7-12(9-20-15)22-27(24,25)14-6-4-3-5-13(14)26-16(17,18)19/h3-10,22H,1-2H3. The molecular weight excluding hydrogens is 385 g/mol. The lowest BCUT2D eigenvalue weighted by Crippen LogP contribution is -2.20. The number of pyridine rings is 1. The number of rotatable bonds is 5. The van der Waals surface area contributed by atoms with E-state index in [1.165, 1.54) is 30.6 Å². The maximum atomic E-state index is 12.6. The van der Waals surface area contributed by atoms with Crippen molar-refractivity contribution in [2.75, 3.05) is 4.72 Å². The molecule has 0 fully saturated rings. The van der Waals surface area contributed by atoms with E-state index in [0.717, 1.165) is 12.1 Å². The van der Waals surface area contributed by atoms with Gasteiger partial charge in [-0.15, -0.1) is 13.2 Å². The van der Waals surface area contributed by atoms with Crippen LogP contribution >= 0.6 is 0 Å². The molecular formula is C16H15F3N4O3S. The Labute approximate surface area is 152 Å². The Bertz CT molecular complexity index is 1080. The van der Waals surface area contributed by atoms with Gasteiger partial charge in [0.2, 0.25) is 0 Å². The van der Waals surface area contributed by atoms with Crippen LogP contribution in [0.4, 0.5) is 18.9 Å².